The first-order chi connectivity index (χ1) is 16.9. The lowest BCUT2D eigenvalue weighted by Crippen LogP contribution is -2.38. The Morgan fingerprint density at radius 2 is 1.97 bits per heavy atom. The molecule has 3 N–H and O–H groups in total. The fraction of sp³-hybridized carbons (Fsp3) is 0.417. The smallest absolute Gasteiger partial charge is 0.229 e. The monoisotopic (exact) mass is 498 g/mol. The quantitative estimate of drug-likeness (QED) is 0.227. The minimum absolute atomic E-state index is 0.403. The Balaban J connectivity index is 1.41. The molecule has 1 fully saturated rings. The van der Waals surface area contributed by atoms with Gasteiger partial charge in [-0.15, -0.1) is 0 Å². The summed E-state index contributed by atoms with van der Waals surface area (Å²) >= 11 is 6.28. The van der Waals surface area contributed by atoms with Crippen LogP contribution >= 0.6 is 11.6 Å². The van der Waals surface area contributed by atoms with Crippen molar-refractivity contribution in [3.05, 3.63) is 51.8 Å². The first-order valence-corrected chi connectivity index (χ1v) is 11.9. The second-order valence-corrected chi connectivity index (χ2v) is 8.93. The van der Waals surface area contributed by atoms with Crippen LogP contribution in [0.4, 0.5) is 23.3 Å². The Morgan fingerprint density at radius 3 is 2.71 bits per heavy atom. The van der Waals surface area contributed by atoms with Crippen molar-refractivity contribution in [3.8, 4) is 0 Å². The fourth-order valence-corrected chi connectivity index (χ4v) is 3.90. The third-order valence-electron chi connectivity index (χ3n) is 5.71. The van der Waals surface area contributed by atoms with Crippen LogP contribution in [0.25, 0.3) is 0 Å². The molecule has 1 aliphatic rings. The zero-order valence-corrected chi connectivity index (χ0v) is 21.2. The molecule has 1 aromatic carbocycles. The zero-order chi connectivity index (χ0) is 24.8. The first kappa shape index (κ1) is 24.9. The van der Waals surface area contributed by atoms with Gasteiger partial charge >= 0.3 is 0 Å². The molecule has 0 saturated carbocycles. The Morgan fingerprint density at radius 1 is 1.17 bits per heavy atom. The third kappa shape index (κ3) is 6.68. The number of hydrogen-bond acceptors (Lipinski definition) is 9. The van der Waals surface area contributed by atoms with Gasteiger partial charge in [0.15, 0.2) is 11.6 Å². The van der Waals surface area contributed by atoms with E-state index in [4.69, 9.17) is 21.2 Å². The Bertz CT molecular complexity index is 1190. The maximum absolute atomic E-state index is 6.28. The summed E-state index contributed by atoms with van der Waals surface area (Å²) in [5.74, 6) is 1.53. The van der Waals surface area contributed by atoms with Crippen molar-refractivity contribution < 1.29 is 9.57 Å². The van der Waals surface area contributed by atoms with Crippen LogP contribution in [0.3, 0.4) is 0 Å². The topological polar surface area (TPSA) is 113 Å². The van der Waals surface area contributed by atoms with Crippen molar-refractivity contribution in [2.75, 3.05) is 50.1 Å². The molecular formula is C24H31ClN8O2. The van der Waals surface area contributed by atoms with Gasteiger partial charge in [-0.2, -0.15) is 10.1 Å². The maximum Gasteiger partial charge on any atom is 0.229 e. The number of hydrogen-bond donors (Lipinski definition) is 3. The molecule has 1 aliphatic heterocycles. The molecule has 0 amide bonds. The minimum atomic E-state index is 0.403. The van der Waals surface area contributed by atoms with E-state index in [0.29, 0.717) is 29.2 Å². The molecule has 0 bridgehead atoms. The second kappa shape index (κ2) is 11.5. The molecule has 0 radical (unpaired) electrons. The van der Waals surface area contributed by atoms with Gasteiger partial charge in [0.25, 0.3) is 0 Å². The van der Waals surface area contributed by atoms with Crippen molar-refractivity contribution in [1.29, 1.82) is 0 Å². The first-order valence-electron chi connectivity index (χ1n) is 11.6. The van der Waals surface area contributed by atoms with Crippen molar-refractivity contribution >= 4 is 40.6 Å². The van der Waals surface area contributed by atoms with E-state index in [0.717, 1.165) is 66.6 Å². The maximum atomic E-state index is 6.28. The summed E-state index contributed by atoms with van der Waals surface area (Å²) < 4.78 is 5.37. The molecule has 2 aromatic heterocycles. The van der Waals surface area contributed by atoms with E-state index < -0.39 is 0 Å². The number of halogens is 1. The predicted octanol–water partition coefficient (Wildman–Crippen LogP) is 4.34. The number of nitrogens with zero attached hydrogens (tertiary/aromatic N) is 5. The summed E-state index contributed by atoms with van der Waals surface area (Å²) in [6.45, 7) is 12.8. The van der Waals surface area contributed by atoms with Gasteiger partial charge in [-0.3, -0.25) is 10.00 Å². The highest BCUT2D eigenvalue weighted by molar-refractivity contribution is 6.32. The van der Waals surface area contributed by atoms with Crippen LogP contribution in [0.5, 0.6) is 0 Å². The lowest BCUT2D eigenvalue weighted by molar-refractivity contribution is 0.0212. The van der Waals surface area contributed by atoms with Crippen LogP contribution < -0.4 is 10.6 Å². The van der Waals surface area contributed by atoms with E-state index >= 15 is 0 Å². The van der Waals surface area contributed by atoms with Crippen LogP contribution in [0, 0.1) is 20.8 Å². The van der Waals surface area contributed by atoms with E-state index in [-0.39, 0.29) is 0 Å². The van der Waals surface area contributed by atoms with Gasteiger partial charge in [0, 0.05) is 42.6 Å². The van der Waals surface area contributed by atoms with Gasteiger partial charge in [-0.05, 0) is 51.0 Å². The van der Waals surface area contributed by atoms with Crippen LogP contribution in [0.15, 0.2) is 29.6 Å². The summed E-state index contributed by atoms with van der Waals surface area (Å²) in [4.78, 5) is 16.7. The number of oxime groups is 1. The van der Waals surface area contributed by atoms with Gasteiger partial charge in [-0.25, -0.2) is 4.98 Å². The third-order valence-corrected chi connectivity index (χ3v) is 5.98. The minimum Gasteiger partial charge on any atom is -0.394 e. The lowest BCUT2D eigenvalue weighted by atomic mass is 10.0. The summed E-state index contributed by atoms with van der Waals surface area (Å²) in [6, 6.07) is 6.01. The predicted molar refractivity (Wildman–Crippen MR) is 138 cm³/mol. The standard InChI is InChI=1S/C24H31ClN8O2/c1-15-12-21(27-24-26-14-20(25)23(29-24)28-22-13-17(3)30-31-22)16(2)11-19(15)18(4)32-35-10-7-33-5-8-34-9-6-33/h11-14H,5-10H2,1-4H3,(H3,26,27,28,29,30,31)/b32-18+. The molecule has 0 aliphatic carbocycles. The Labute approximate surface area is 210 Å². The van der Waals surface area contributed by atoms with Crippen molar-refractivity contribution in [2.45, 2.75) is 27.7 Å². The van der Waals surface area contributed by atoms with E-state index in [9.17, 15) is 0 Å². The summed E-state index contributed by atoms with van der Waals surface area (Å²) in [5.41, 5.74) is 5.80. The molecule has 4 rings (SSSR count). The number of aryl methyl sites for hydroxylation is 3. The highest BCUT2D eigenvalue weighted by Crippen LogP contribution is 2.27. The summed E-state index contributed by atoms with van der Waals surface area (Å²) in [7, 11) is 0. The number of aromatic nitrogens is 4. The molecule has 0 spiro atoms. The average Bonchev–Trinajstić information content (AvgIpc) is 3.26. The van der Waals surface area contributed by atoms with Gasteiger partial charge in [0.1, 0.15) is 11.6 Å². The van der Waals surface area contributed by atoms with Gasteiger partial charge in [0.2, 0.25) is 5.95 Å². The fourth-order valence-electron chi connectivity index (χ4n) is 3.77. The van der Waals surface area contributed by atoms with Gasteiger partial charge < -0.3 is 20.2 Å². The van der Waals surface area contributed by atoms with Crippen LogP contribution in [-0.4, -0.2) is 70.2 Å². The van der Waals surface area contributed by atoms with Gasteiger partial charge in [-0.1, -0.05) is 16.8 Å². The van der Waals surface area contributed by atoms with Crippen LogP contribution in [-0.2, 0) is 9.57 Å². The van der Waals surface area contributed by atoms with E-state index in [2.05, 4.69) is 53.0 Å². The Kier molecular flexibility index (Phi) is 8.17. The number of aromatic amines is 1. The number of ether oxygens (including phenoxy) is 1. The summed E-state index contributed by atoms with van der Waals surface area (Å²) in [6.07, 6.45) is 1.56. The molecule has 3 heterocycles. The molecule has 0 atom stereocenters. The average molecular weight is 499 g/mol. The van der Waals surface area contributed by atoms with Crippen molar-refractivity contribution in [2.24, 2.45) is 5.16 Å². The van der Waals surface area contributed by atoms with E-state index in [1.165, 1.54) is 0 Å². The molecular weight excluding hydrogens is 468 g/mol. The van der Waals surface area contributed by atoms with Crippen LogP contribution in [0.2, 0.25) is 5.02 Å². The van der Waals surface area contributed by atoms with Crippen molar-refractivity contribution in [1.82, 2.24) is 25.1 Å². The molecule has 0 unspecified atom stereocenters. The number of rotatable bonds is 9. The van der Waals surface area contributed by atoms with Gasteiger partial charge in [0.05, 0.1) is 25.1 Å². The number of morpholine rings is 1. The SMILES string of the molecule is C/C(=N\OCCN1CCOCC1)c1cc(C)c(Nc2ncc(Cl)c(Nc3cc(C)[nH]n3)n2)cc1C. The lowest BCUT2D eigenvalue weighted by Gasteiger charge is -2.25. The number of nitrogens with one attached hydrogen (secondary N) is 3. The number of H-pyrrole nitrogens is 1. The number of anilines is 4. The zero-order valence-electron chi connectivity index (χ0n) is 20.5. The molecule has 11 heteroatoms. The van der Waals surface area contributed by atoms with Crippen LogP contribution in [0.1, 0.15) is 29.3 Å². The largest absolute Gasteiger partial charge is 0.394 e. The molecule has 35 heavy (non-hydrogen) atoms. The number of benzene rings is 1. The second-order valence-electron chi connectivity index (χ2n) is 8.52. The van der Waals surface area contributed by atoms with Crippen molar-refractivity contribution in [3.63, 3.8) is 0 Å². The highest BCUT2D eigenvalue weighted by Gasteiger charge is 2.13. The summed E-state index contributed by atoms with van der Waals surface area (Å²) in [5, 5.41) is 18.2. The molecule has 3 aromatic rings. The highest BCUT2D eigenvalue weighted by atomic mass is 35.5. The van der Waals surface area contributed by atoms with E-state index in [1.807, 2.05) is 33.8 Å². The van der Waals surface area contributed by atoms with E-state index in [1.54, 1.807) is 6.20 Å². The Hall–Kier alpha value is -3.21. The molecule has 1 saturated heterocycles. The molecule has 186 valence electrons. The normalized spacial score (nSPS) is 14.7. The molecule has 10 nitrogen and oxygen atoms in total.